The zero-order valence-corrected chi connectivity index (χ0v) is 12.2. The predicted molar refractivity (Wildman–Crippen MR) is 82.5 cm³/mol. The Hall–Kier alpha value is -1.94. The number of carbonyl (C=O) groups is 1. The summed E-state index contributed by atoms with van der Waals surface area (Å²) in [5, 5.41) is 3.90. The normalized spacial score (nSPS) is 12.7. The lowest BCUT2D eigenvalue weighted by molar-refractivity contribution is -0.116. The van der Waals surface area contributed by atoms with Crippen molar-refractivity contribution < 1.29 is 4.79 Å². The molecule has 0 bridgehead atoms. The van der Waals surface area contributed by atoms with Gasteiger partial charge in [0.25, 0.3) is 0 Å². The van der Waals surface area contributed by atoms with Crippen LogP contribution < -0.4 is 11.1 Å². The maximum atomic E-state index is 12.0. The number of benzene rings is 1. The molecule has 106 valence electrons. The van der Waals surface area contributed by atoms with Gasteiger partial charge in [-0.2, -0.15) is 0 Å². The Labute approximate surface area is 119 Å². The monoisotopic (exact) mass is 271 g/mol. The minimum absolute atomic E-state index is 0.0554. The van der Waals surface area contributed by atoms with Gasteiger partial charge in [-0.15, -0.1) is 0 Å². The van der Waals surface area contributed by atoms with Crippen LogP contribution in [0.5, 0.6) is 0 Å². The molecule has 0 saturated heterocycles. The molecule has 1 heterocycles. The molecule has 0 aliphatic heterocycles. The van der Waals surface area contributed by atoms with E-state index in [-0.39, 0.29) is 17.9 Å². The van der Waals surface area contributed by atoms with Gasteiger partial charge in [0.15, 0.2) is 0 Å². The SMILES string of the molecule is Cc1ccc(NC(=O)CC(N)C(C)C)c2cccnc12. The smallest absolute Gasteiger partial charge is 0.225 e. The molecular weight excluding hydrogens is 250 g/mol. The Balaban J connectivity index is 2.22. The number of amides is 1. The van der Waals surface area contributed by atoms with Crippen molar-refractivity contribution in [3.8, 4) is 0 Å². The Kier molecular flexibility index (Phi) is 4.35. The molecule has 0 saturated carbocycles. The van der Waals surface area contributed by atoms with Gasteiger partial charge >= 0.3 is 0 Å². The summed E-state index contributed by atoms with van der Waals surface area (Å²) < 4.78 is 0. The minimum Gasteiger partial charge on any atom is -0.327 e. The summed E-state index contributed by atoms with van der Waals surface area (Å²) in [5.41, 5.74) is 8.74. The van der Waals surface area contributed by atoms with Crippen LogP contribution in [0, 0.1) is 12.8 Å². The number of fused-ring (bicyclic) bond motifs is 1. The fourth-order valence-corrected chi connectivity index (χ4v) is 2.07. The topological polar surface area (TPSA) is 68.0 Å². The number of aryl methyl sites for hydroxylation is 1. The van der Waals surface area contributed by atoms with Gasteiger partial charge in [-0.05, 0) is 36.6 Å². The van der Waals surface area contributed by atoms with E-state index in [0.29, 0.717) is 6.42 Å². The lowest BCUT2D eigenvalue weighted by atomic mass is 10.0. The summed E-state index contributed by atoms with van der Waals surface area (Å²) in [4.78, 5) is 16.4. The number of aromatic nitrogens is 1. The summed E-state index contributed by atoms with van der Waals surface area (Å²) in [5.74, 6) is 0.234. The van der Waals surface area contributed by atoms with Crippen molar-refractivity contribution in [1.82, 2.24) is 4.98 Å². The average molecular weight is 271 g/mol. The van der Waals surface area contributed by atoms with Gasteiger partial charge in [0.1, 0.15) is 0 Å². The molecule has 2 rings (SSSR count). The highest BCUT2D eigenvalue weighted by Crippen LogP contribution is 2.24. The number of nitrogens with two attached hydrogens (primary N) is 1. The Morgan fingerprint density at radius 3 is 2.80 bits per heavy atom. The molecule has 0 radical (unpaired) electrons. The van der Waals surface area contributed by atoms with Gasteiger partial charge in [0.05, 0.1) is 11.2 Å². The molecule has 1 atom stereocenters. The van der Waals surface area contributed by atoms with Crippen LogP contribution in [0.1, 0.15) is 25.8 Å². The van der Waals surface area contributed by atoms with Gasteiger partial charge in [0.2, 0.25) is 5.91 Å². The van der Waals surface area contributed by atoms with E-state index in [1.165, 1.54) is 0 Å². The molecule has 0 spiro atoms. The second-order valence-electron chi connectivity index (χ2n) is 5.49. The fourth-order valence-electron chi connectivity index (χ4n) is 2.07. The summed E-state index contributed by atoms with van der Waals surface area (Å²) in [6, 6.07) is 7.60. The largest absolute Gasteiger partial charge is 0.327 e. The highest BCUT2D eigenvalue weighted by molar-refractivity contribution is 6.01. The molecule has 1 unspecified atom stereocenters. The van der Waals surface area contributed by atoms with Crippen molar-refractivity contribution in [2.24, 2.45) is 11.7 Å². The first kappa shape index (κ1) is 14.5. The maximum Gasteiger partial charge on any atom is 0.225 e. The Bertz CT molecular complexity index is 622. The number of nitrogens with zero attached hydrogens (tertiary/aromatic N) is 1. The third-order valence-corrected chi connectivity index (χ3v) is 3.52. The predicted octanol–water partition coefficient (Wildman–Crippen LogP) is 2.86. The summed E-state index contributed by atoms with van der Waals surface area (Å²) in [6.07, 6.45) is 2.09. The first-order chi connectivity index (χ1) is 9.49. The number of nitrogens with one attached hydrogen (secondary N) is 1. The average Bonchev–Trinajstić information content (AvgIpc) is 2.42. The van der Waals surface area contributed by atoms with Gasteiger partial charge < -0.3 is 11.1 Å². The van der Waals surface area contributed by atoms with E-state index in [9.17, 15) is 4.79 Å². The zero-order chi connectivity index (χ0) is 14.7. The van der Waals surface area contributed by atoms with Crippen molar-refractivity contribution in [3.63, 3.8) is 0 Å². The number of carbonyl (C=O) groups excluding carboxylic acids is 1. The third-order valence-electron chi connectivity index (χ3n) is 3.52. The highest BCUT2D eigenvalue weighted by atomic mass is 16.1. The molecular formula is C16H21N3O. The second-order valence-corrected chi connectivity index (χ2v) is 5.49. The molecule has 4 nitrogen and oxygen atoms in total. The lowest BCUT2D eigenvalue weighted by Gasteiger charge is -2.16. The molecule has 1 aromatic heterocycles. The van der Waals surface area contributed by atoms with Crippen LogP contribution in [-0.2, 0) is 4.79 Å². The van der Waals surface area contributed by atoms with E-state index in [0.717, 1.165) is 22.2 Å². The summed E-state index contributed by atoms with van der Waals surface area (Å²) in [6.45, 7) is 6.04. The number of anilines is 1. The Morgan fingerprint density at radius 2 is 2.10 bits per heavy atom. The number of pyridine rings is 1. The number of hydrogen-bond donors (Lipinski definition) is 2. The maximum absolute atomic E-state index is 12.0. The van der Waals surface area contributed by atoms with Crippen LogP contribution in [0.15, 0.2) is 30.5 Å². The molecule has 1 amide bonds. The van der Waals surface area contributed by atoms with E-state index in [4.69, 9.17) is 5.73 Å². The molecule has 1 aromatic carbocycles. The Morgan fingerprint density at radius 1 is 1.35 bits per heavy atom. The summed E-state index contributed by atoms with van der Waals surface area (Å²) in [7, 11) is 0. The van der Waals surface area contributed by atoms with Crippen molar-refractivity contribution in [3.05, 3.63) is 36.0 Å². The molecule has 3 N–H and O–H groups in total. The fraction of sp³-hybridized carbons (Fsp3) is 0.375. The second kappa shape index (κ2) is 6.01. The third kappa shape index (κ3) is 3.14. The van der Waals surface area contributed by atoms with E-state index in [2.05, 4.69) is 10.3 Å². The number of hydrogen-bond acceptors (Lipinski definition) is 3. The van der Waals surface area contributed by atoms with Gasteiger partial charge in [0, 0.05) is 24.0 Å². The molecule has 0 aliphatic carbocycles. The zero-order valence-electron chi connectivity index (χ0n) is 12.2. The van der Waals surface area contributed by atoms with Crippen LogP contribution in [-0.4, -0.2) is 16.9 Å². The highest BCUT2D eigenvalue weighted by Gasteiger charge is 2.14. The molecule has 0 fully saturated rings. The standard InChI is InChI=1S/C16H21N3O/c1-10(2)13(17)9-15(20)19-14-7-6-11(3)16-12(14)5-4-8-18-16/h4-8,10,13H,9,17H2,1-3H3,(H,19,20). The molecule has 2 aromatic rings. The molecule has 20 heavy (non-hydrogen) atoms. The quantitative estimate of drug-likeness (QED) is 0.898. The number of rotatable bonds is 4. The first-order valence-electron chi connectivity index (χ1n) is 6.89. The van der Waals surface area contributed by atoms with Crippen LogP contribution in [0.2, 0.25) is 0 Å². The van der Waals surface area contributed by atoms with Crippen LogP contribution in [0.4, 0.5) is 5.69 Å². The molecule has 4 heteroatoms. The van der Waals surface area contributed by atoms with E-state index in [1.807, 2.05) is 45.0 Å². The van der Waals surface area contributed by atoms with Crippen LogP contribution >= 0.6 is 0 Å². The van der Waals surface area contributed by atoms with Crippen molar-refractivity contribution in [2.45, 2.75) is 33.2 Å². The van der Waals surface area contributed by atoms with E-state index >= 15 is 0 Å². The van der Waals surface area contributed by atoms with Gasteiger partial charge in [-0.25, -0.2) is 0 Å². The van der Waals surface area contributed by atoms with Crippen molar-refractivity contribution >= 4 is 22.5 Å². The van der Waals surface area contributed by atoms with E-state index in [1.54, 1.807) is 6.20 Å². The van der Waals surface area contributed by atoms with Gasteiger partial charge in [-0.3, -0.25) is 9.78 Å². The van der Waals surface area contributed by atoms with Crippen molar-refractivity contribution in [2.75, 3.05) is 5.32 Å². The minimum atomic E-state index is -0.121. The van der Waals surface area contributed by atoms with Crippen LogP contribution in [0.3, 0.4) is 0 Å². The first-order valence-corrected chi connectivity index (χ1v) is 6.89. The lowest BCUT2D eigenvalue weighted by Crippen LogP contribution is -2.31. The summed E-state index contributed by atoms with van der Waals surface area (Å²) >= 11 is 0. The van der Waals surface area contributed by atoms with Gasteiger partial charge in [-0.1, -0.05) is 19.9 Å². The molecule has 0 aliphatic rings. The van der Waals surface area contributed by atoms with Crippen LogP contribution in [0.25, 0.3) is 10.9 Å². The van der Waals surface area contributed by atoms with Crippen molar-refractivity contribution in [1.29, 1.82) is 0 Å². The van der Waals surface area contributed by atoms with E-state index < -0.39 is 0 Å².